The van der Waals surface area contributed by atoms with E-state index in [2.05, 4.69) is 5.32 Å². The topological polar surface area (TPSA) is 102 Å². The Morgan fingerprint density at radius 2 is 1.75 bits per heavy atom. The van der Waals surface area contributed by atoms with Gasteiger partial charge in [0.15, 0.2) is 6.61 Å². The van der Waals surface area contributed by atoms with Crippen molar-refractivity contribution in [2.75, 3.05) is 32.1 Å². The van der Waals surface area contributed by atoms with Crippen molar-refractivity contribution in [1.82, 2.24) is 4.31 Å². The first-order valence-electron chi connectivity index (χ1n) is 10.4. The van der Waals surface area contributed by atoms with E-state index in [1.165, 1.54) is 29.6 Å². The first kappa shape index (κ1) is 23.7. The molecule has 0 saturated carbocycles. The van der Waals surface area contributed by atoms with E-state index in [0.29, 0.717) is 18.7 Å². The van der Waals surface area contributed by atoms with E-state index in [9.17, 15) is 18.0 Å². The Bertz CT molecular complexity index is 1110. The number of rotatable bonds is 7. The lowest BCUT2D eigenvalue weighted by atomic mass is 10.1. The molecule has 0 radical (unpaired) electrons. The maximum Gasteiger partial charge on any atom is 0.338 e. The van der Waals surface area contributed by atoms with Crippen molar-refractivity contribution in [1.29, 1.82) is 0 Å². The van der Waals surface area contributed by atoms with Crippen LogP contribution in [0.1, 0.15) is 40.7 Å². The number of methoxy groups -OCH3 is 1. The van der Waals surface area contributed by atoms with Crippen LogP contribution >= 0.6 is 0 Å². The fourth-order valence-electron chi connectivity index (χ4n) is 3.65. The SMILES string of the molecule is COc1ccc(NC(=O)COC(=O)c2ccc(C)cc2C)cc1S(=O)(=O)N1CCCCC1. The average Bonchev–Trinajstić information content (AvgIpc) is 2.78. The van der Waals surface area contributed by atoms with Crippen LogP contribution in [-0.2, 0) is 19.6 Å². The Labute approximate surface area is 188 Å². The molecule has 8 nitrogen and oxygen atoms in total. The summed E-state index contributed by atoms with van der Waals surface area (Å²) in [5, 5.41) is 2.58. The van der Waals surface area contributed by atoms with Gasteiger partial charge in [-0.25, -0.2) is 13.2 Å². The molecule has 32 heavy (non-hydrogen) atoms. The van der Waals surface area contributed by atoms with Gasteiger partial charge in [-0.2, -0.15) is 4.31 Å². The van der Waals surface area contributed by atoms with Crippen LogP contribution in [0.3, 0.4) is 0 Å². The van der Waals surface area contributed by atoms with Crippen LogP contribution in [0, 0.1) is 13.8 Å². The molecule has 172 valence electrons. The number of esters is 1. The van der Waals surface area contributed by atoms with Crippen LogP contribution in [0.25, 0.3) is 0 Å². The molecule has 2 aromatic rings. The Kier molecular flexibility index (Phi) is 7.52. The zero-order valence-electron chi connectivity index (χ0n) is 18.5. The summed E-state index contributed by atoms with van der Waals surface area (Å²) >= 11 is 0. The molecule has 1 fully saturated rings. The minimum absolute atomic E-state index is 0.00743. The molecule has 0 bridgehead atoms. The van der Waals surface area contributed by atoms with E-state index in [1.807, 2.05) is 13.0 Å². The smallest absolute Gasteiger partial charge is 0.338 e. The Balaban J connectivity index is 1.70. The van der Waals surface area contributed by atoms with Gasteiger partial charge in [-0.15, -0.1) is 0 Å². The van der Waals surface area contributed by atoms with Gasteiger partial charge >= 0.3 is 5.97 Å². The molecule has 0 aliphatic carbocycles. The van der Waals surface area contributed by atoms with Gasteiger partial charge in [-0.3, -0.25) is 4.79 Å². The first-order valence-corrected chi connectivity index (χ1v) is 11.9. The van der Waals surface area contributed by atoms with E-state index in [1.54, 1.807) is 19.1 Å². The zero-order chi connectivity index (χ0) is 23.3. The van der Waals surface area contributed by atoms with Crippen LogP contribution in [0.2, 0.25) is 0 Å². The van der Waals surface area contributed by atoms with Crippen LogP contribution in [-0.4, -0.2) is 51.4 Å². The highest BCUT2D eigenvalue weighted by molar-refractivity contribution is 7.89. The number of hydrogen-bond donors (Lipinski definition) is 1. The molecular formula is C23H28N2O6S. The Morgan fingerprint density at radius 1 is 1.03 bits per heavy atom. The summed E-state index contributed by atoms with van der Waals surface area (Å²) in [6.45, 7) is 4.13. The maximum absolute atomic E-state index is 13.1. The Morgan fingerprint density at radius 3 is 2.41 bits per heavy atom. The van der Waals surface area contributed by atoms with Crippen LogP contribution in [0.15, 0.2) is 41.3 Å². The summed E-state index contributed by atoms with van der Waals surface area (Å²) in [5.74, 6) is -0.967. The molecule has 0 atom stereocenters. The number of benzene rings is 2. The van der Waals surface area contributed by atoms with E-state index in [4.69, 9.17) is 9.47 Å². The lowest BCUT2D eigenvalue weighted by Crippen LogP contribution is -2.35. The Hall–Kier alpha value is -2.91. The van der Waals surface area contributed by atoms with E-state index >= 15 is 0 Å². The molecule has 2 aromatic carbocycles. The lowest BCUT2D eigenvalue weighted by Gasteiger charge is -2.26. The molecule has 1 amide bonds. The summed E-state index contributed by atoms with van der Waals surface area (Å²) < 4.78 is 38.0. The van der Waals surface area contributed by atoms with Gasteiger partial charge in [-0.1, -0.05) is 24.1 Å². The second-order valence-corrected chi connectivity index (χ2v) is 9.68. The summed E-state index contributed by atoms with van der Waals surface area (Å²) in [6, 6.07) is 9.72. The quantitative estimate of drug-likeness (QED) is 0.636. The van der Waals surface area contributed by atoms with E-state index < -0.39 is 28.5 Å². The first-order chi connectivity index (χ1) is 15.2. The van der Waals surface area contributed by atoms with Crippen molar-refractivity contribution in [3.8, 4) is 5.75 Å². The van der Waals surface area contributed by atoms with Crippen LogP contribution < -0.4 is 10.1 Å². The van der Waals surface area contributed by atoms with Crippen molar-refractivity contribution >= 4 is 27.6 Å². The number of sulfonamides is 1. The van der Waals surface area contributed by atoms with Gasteiger partial charge in [0.2, 0.25) is 10.0 Å². The molecule has 1 heterocycles. The molecule has 0 unspecified atom stereocenters. The molecule has 0 aromatic heterocycles. The number of piperidine rings is 1. The van der Waals surface area contributed by atoms with Crippen molar-refractivity contribution in [3.05, 3.63) is 53.1 Å². The third-order valence-electron chi connectivity index (χ3n) is 5.32. The normalized spacial score (nSPS) is 14.6. The van der Waals surface area contributed by atoms with Gasteiger partial charge in [0.05, 0.1) is 12.7 Å². The number of amides is 1. The molecule has 1 saturated heterocycles. The molecular weight excluding hydrogens is 432 g/mol. The van der Waals surface area contributed by atoms with Gasteiger partial charge in [0.25, 0.3) is 5.91 Å². The number of anilines is 1. The van der Waals surface area contributed by atoms with Crippen molar-refractivity contribution < 1.29 is 27.5 Å². The molecule has 1 aliphatic heterocycles. The fourth-order valence-corrected chi connectivity index (χ4v) is 5.35. The monoisotopic (exact) mass is 460 g/mol. The number of nitrogens with one attached hydrogen (secondary N) is 1. The number of aryl methyl sites for hydroxylation is 2. The van der Waals surface area contributed by atoms with Gasteiger partial charge in [0.1, 0.15) is 10.6 Å². The van der Waals surface area contributed by atoms with Crippen molar-refractivity contribution in [3.63, 3.8) is 0 Å². The highest BCUT2D eigenvalue weighted by Crippen LogP contribution is 2.31. The highest BCUT2D eigenvalue weighted by Gasteiger charge is 2.29. The second-order valence-electron chi connectivity index (χ2n) is 7.77. The zero-order valence-corrected chi connectivity index (χ0v) is 19.3. The largest absolute Gasteiger partial charge is 0.495 e. The van der Waals surface area contributed by atoms with Gasteiger partial charge in [0, 0.05) is 18.8 Å². The summed E-state index contributed by atoms with van der Waals surface area (Å²) in [6.07, 6.45) is 2.62. The van der Waals surface area contributed by atoms with Crippen molar-refractivity contribution in [2.24, 2.45) is 0 Å². The number of hydrogen-bond acceptors (Lipinski definition) is 6. The molecule has 1 N–H and O–H groups in total. The third kappa shape index (κ3) is 5.46. The molecule has 1 aliphatic rings. The summed E-state index contributed by atoms with van der Waals surface area (Å²) in [4.78, 5) is 24.6. The highest BCUT2D eigenvalue weighted by atomic mass is 32.2. The molecule has 0 spiro atoms. The van der Waals surface area contributed by atoms with Crippen LogP contribution in [0.5, 0.6) is 5.75 Å². The summed E-state index contributed by atoms with van der Waals surface area (Å²) in [7, 11) is -2.36. The van der Waals surface area contributed by atoms with E-state index in [-0.39, 0.29) is 16.3 Å². The maximum atomic E-state index is 13.1. The minimum atomic E-state index is -3.76. The number of carbonyl (C=O) groups is 2. The standard InChI is InChI=1S/C23H28N2O6S/c1-16-7-9-19(17(2)13-16)23(27)31-15-22(26)24-18-8-10-20(30-3)21(14-18)32(28,29)25-11-5-4-6-12-25/h7-10,13-14H,4-6,11-12,15H2,1-3H3,(H,24,26). The minimum Gasteiger partial charge on any atom is -0.495 e. The average molecular weight is 461 g/mol. The van der Waals surface area contributed by atoms with E-state index in [0.717, 1.165) is 30.4 Å². The van der Waals surface area contributed by atoms with Crippen molar-refractivity contribution in [2.45, 2.75) is 38.0 Å². The fraction of sp³-hybridized carbons (Fsp3) is 0.391. The number of carbonyl (C=O) groups excluding carboxylic acids is 2. The molecule has 3 rings (SSSR count). The third-order valence-corrected chi connectivity index (χ3v) is 7.24. The second kappa shape index (κ2) is 10.1. The summed E-state index contributed by atoms with van der Waals surface area (Å²) in [5.41, 5.74) is 2.45. The van der Waals surface area contributed by atoms with Crippen LogP contribution in [0.4, 0.5) is 5.69 Å². The number of ether oxygens (including phenoxy) is 2. The lowest BCUT2D eigenvalue weighted by molar-refractivity contribution is -0.119. The predicted octanol–water partition coefficient (Wildman–Crippen LogP) is 3.28. The predicted molar refractivity (Wildman–Crippen MR) is 120 cm³/mol. The van der Waals surface area contributed by atoms with Gasteiger partial charge < -0.3 is 14.8 Å². The number of nitrogens with zero attached hydrogens (tertiary/aromatic N) is 1. The molecule has 9 heteroatoms. The van der Waals surface area contributed by atoms with Gasteiger partial charge in [-0.05, 0) is 56.5 Å².